The normalized spacial score (nSPS) is 28.0. The molecule has 1 spiro atoms. The standard InChI is InChI=1S/C20H21FN2O3/c21-17-5-1-4-15(8-17)16-9-20(26-12-16)13-23(11-18(20)24)19(25)7-14-3-2-6-22-10-14/h1-6,8,10,16,18,24H,7,9,11-13H2/t16-,18-,20-/m1/s1. The number of carbonyl (C=O) groups is 1. The number of benzene rings is 1. The summed E-state index contributed by atoms with van der Waals surface area (Å²) in [6, 6.07) is 10.1. The maximum atomic E-state index is 13.5. The molecule has 1 aromatic heterocycles. The molecule has 2 aliphatic rings. The fraction of sp³-hybridized carbons (Fsp3) is 0.400. The van der Waals surface area contributed by atoms with Crippen LogP contribution in [-0.4, -0.2) is 52.3 Å². The van der Waals surface area contributed by atoms with Gasteiger partial charge in [-0.1, -0.05) is 18.2 Å². The second kappa shape index (κ2) is 6.78. The lowest BCUT2D eigenvalue weighted by molar-refractivity contribution is -0.130. The molecule has 2 aromatic rings. The minimum Gasteiger partial charge on any atom is -0.388 e. The molecule has 3 atom stereocenters. The van der Waals surface area contributed by atoms with Gasteiger partial charge in [-0.25, -0.2) is 4.39 Å². The molecule has 2 saturated heterocycles. The molecule has 0 radical (unpaired) electrons. The number of hydrogen-bond acceptors (Lipinski definition) is 4. The second-order valence-electron chi connectivity index (χ2n) is 7.16. The number of aromatic nitrogens is 1. The van der Waals surface area contributed by atoms with Crippen LogP contribution in [0.4, 0.5) is 4.39 Å². The Morgan fingerprint density at radius 3 is 3.04 bits per heavy atom. The maximum absolute atomic E-state index is 13.5. The minimum absolute atomic E-state index is 0.0220. The van der Waals surface area contributed by atoms with Crippen molar-refractivity contribution < 1.29 is 19.0 Å². The summed E-state index contributed by atoms with van der Waals surface area (Å²) in [5, 5.41) is 10.6. The molecule has 5 nitrogen and oxygen atoms in total. The monoisotopic (exact) mass is 356 g/mol. The van der Waals surface area contributed by atoms with E-state index in [9.17, 15) is 14.3 Å². The molecule has 0 aliphatic carbocycles. The van der Waals surface area contributed by atoms with Gasteiger partial charge in [0.2, 0.25) is 5.91 Å². The first kappa shape index (κ1) is 17.1. The lowest BCUT2D eigenvalue weighted by Crippen LogP contribution is -2.41. The Hall–Kier alpha value is -2.31. The first-order chi connectivity index (χ1) is 12.6. The molecule has 1 aromatic carbocycles. The number of aliphatic hydroxyl groups excluding tert-OH is 1. The molecule has 2 aliphatic heterocycles. The van der Waals surface area contributed by atoms with Crippen molar-refractivity contribution in [2.24, 2.45) is 0 Å². The lowest BCUT2D eigenvalue weighted by Gasteiger charge is -2.26. The van der Waals surface area contributed by atoms with E-state index in [2.05, 4.69) is 4.98 Å². The Kier molecular flexibility index (Phi) is 4.46. The van der Waals surface area contributed by atoms with Crippen LogP contribution in [0.1, 0.15) is 23.5 Å². The van der Waals surface area contributed by atoms with Gasteiger partial charge in [0, 0.05) is 24.9 Å². The Morgan fingerprint density at radius 2 is 2.27 bits per heavy atom. The third kappa shape index (κ3) is 3.22. The van der Waals surface area contributed by atoms with Crippen LogP contribution in [0.5, 0.6) is 0 Å². The van der Waals surface area contributed by atoms with E-state index in [1.807, 2.05) is 12.1 Å². The van der Waals surface area contributed by atoms with E-state index < -0.39 is 11.7 Å². The van der Waals surface area contributed by atoms with Crippen molar-refractivity contribution in [2.75, 3.05) is 19.7 Å². The molecule has 1 N–H and O–H groups in total. The largest absolute Gasteiger partial charge is 0.388 e. The third-order valence-corrected chi connectivity index (χ3v) is 5.37. The summed E-state index contributed by atoms with van der Waals surface area (Å²) >= 11 is 0. The van der Waals surface area contributed by atoms with Crippen LogP contribution < -0.4 is 0 Å². The Bertz CT molecular complexity index is 801. The van der Waals surface area contributed by atoms with Crippen molar-refractivity contribution in [1.29, 1.82) is 0 Å². The molecule has 0 unspecified atom stereocenters. The van der Waals surface area contributed by atoms with Gasteiger partial charge in [-0.2, -0.15) is 0 Å². The molecule has 3 heterocycles. The van der Waals surface area contributed by atoms with Gasteiger partial charge in [-0.05, 0) is 35.7 Å². The van der Waals surface area contributed by atoms with Crippen molar-refractivity contribution in [1.82, 2.24) is 9.88 Å². The van der Waals surface area contributed by atoms with E-state index in [1.165, 1.54) is 12.1 Å². The number of hydrogen-bond donors (Lipinski definition) is 1. The Morgan fingerprint density at radius 1 is 1.38 bits per heavy atom. The number of β-amino-alcohol motifs (C(OH)–C–C–N with tert-alkyl or cyclic N) is 1. The van der Waals surface area contributed by atoms with E-state index in [4.69, 9.17) is 4.74 Å². The highest BCUT2D eigenvalue weighted by Gasteiger charge is 2.53. The molecule has 26 heavy (non-hydrogen) atoms. The summed E-state index contributed by atoms with van der Waals surface area (Å²) in [4.78, 5) is 18.3. The first-order valence-corrected chi connectivity index (χ1v) is 8.80. The maximum Gasteiger partial charge on any atom is 0.227 e. The van der Waals surface area contributed by atoms with E-state index in [1.54, 1.807) is 29.4 Å². The summed E-state index contributed by atoms with van der Waals surface area (Å²) in [6.45, 7) is 1.04. The lowest BCUT2D eigenvalue weighted by atomic mass is 9.87. The number of likely N-dealkylation sites (tertiary alicyclic amines) is 1. The van der Waals surface area contributed by atoms with Gasteiger partial charge in [-0.3, -0.25) is 9.78 Å². The molecule has 0 saturated carbocycles. The van der Waals surface area contributed by atoms with Crippen molar-refractivity contribution in [3.8, 4) is 0 Å². The van der Waals surface area contributed by atoms with Crippen LogP contribution in [0, 0.1) is 5.82 Å². The number of aliphatic hydroxyl groups is 1. The fourth-order valence-electron chi connectivity index (χ4n) is 3.97. The highest BCUT2D eigenvalue weighted by Crippen LogP contribution is 2.42. The van der Waals surface area contributed by atoms with Crippen LogP contribution in [0.2, 0.25) is 0 Å². The van der Waals surface area contributed by atoms with Gasteiger partial charge >= 0.3 is 0 Å². The highest BCUT2D eigenvalue weighted by atomic mass is 19.1. The van der Waals surface area contributed by atoms with E-state index in [0.29, 0.717) is 19.6 Å². The predicted molar refractivity (Wildman–Crippen MR) is 93.0 cm³/mol. The van der Waals surface area contributed by atoms with E-state index in [-0.39, 0.29) is 30.6 Å². The van der Waals surface area contributed by atoms with Gasteiger partial charge in [0.05, 0.1) is 19.6 Å². The highest BCUT2D eigenvalue weighted by molar-refractivity contribution is 5.79. The van der Waals surface area contributed by atoms with Crippen molar-refractivity contribution >= 4 is 5.91 Å². The second-order valence-corrected chi connectivity index (χ2v) is 7.16. The number of halogens is 1. The average Bonchev–Trinajstić information content (AvgIpc) is 3.21. The molecule has 6 heteroatoms. The smallest absolute Gasteiger partial charge is 0.227 e. The van der Waals surface area contributed by atoms with Gasteiger partial charge in [0.25, 0.3) is 0 Å². The summed E-state index contributed by atoms with van der Waals surface area (Å²) in [5.74, 6) is -0.302. The van der Waals surface area contributed by atoms with Crippen molar-refractivity contribution in [3.63, 3.8) is 0 Å². The zero-order valence-corrected chi connectivity index (χ0v) is 14.3. The fourth-order valence-corrected chi connectivity index (χ4v) is 3.97. The van der Waals surface area contributed by atoms with Crippen LogP contribution in [-0.2, 0) is 16.0 Å². The molecule has 4 rings (SSSR count). The summed E-state index contributed by atoms with van der Waals surface area (Å²) in [5.41, 5.74) is 0.953. The van der Waals surface area contributed by atoms with Crippen LogP contribution >= 0.6 is 0 Å². The topological polar surface area (TPSA) is 62.7 Å². The van der Waals surface area contributed by atoms with E-state index in [0.717, 1.165) is 11.1 Å². The Balaban J connectivity index is 1.44. The first-order valence-electron chi connectivity index (χ1n) is 8.80. The van der Waals surface area contributed by atoms with E-state index >= 15 is 0 Å². The Labute approximate surface area is 151 Å². The SMILES string of the molecule is O=C(Cc1cccnc1)N1C[C@@H](O)[C@@]2(C[C@@H](c3cccc(F)c3)CO2)C1. The van der Waals surface area contributed by atoms with Gasteiger partial charge in [-0.15, -0.1) is 0 Å². The number of nitrogens with zero attached hydrogens (tertiary/aromatic N) is 2. The van der Waals surface area contributed by atoms with Crippen molar-refractivity contribution in [3.05, 3.63) is 65.7 Å². The number of rotatable bonds is 3. The minimum atomic E-state index is -0.762. The van der Waals surface area contributed by atoms with Crippen molar-refractivity contribution in [2.45, 2.75) is 30.5 Å². The number of amides is 1. The summed E-state index contributed by atoms with van der Waals surface area (Å²) in [6.07, 6.45) is 3.44. The molecule has 2 fully saturated rings. The van der Waals surface area contributed by atoms with Crippen LogP contribution in [0.15, 0.2) is 48.8 Å². The van der Waals surface area contributed by atoms with Gasteiger partial charge in [0.15, 0.2) is 0 Å². The number of carbonyl (C=O) groups excluding carboxylic acids is 1. The van der Waals surface area contributed by atoms with Crippen LogP contribution in [0.25, 0.3) is 0 Å². The number of ether oxygens (including phenoxy) is 1. The summed E-state index contributed by atoms with van der Waals surface area (Å²) < 4.78 is 19.5. The number of pyridine rings is 1. The molecular weight excluding hydrogens is 335 g/mol. The predicted octanol–water partition coefficient (Wildman–Crippen LogP) is 1.91. The summed E-state index contributed by atoms with van der Waals surface area (Å²) in [7, 11) is 0. The zero-order chi connectivity index (χ0) is 18.1. The van der Waals surface area contributed by atoms with Gasteiger partial charge < -0.3 is 14.7 Å². The molecular formula is C20H21FN2O3. The quantitative estimate of drug-likeness (QED) is 0.913. The zero-order valence-electron chi connectivity index (χ0n) is 14.3. The average molecular weight is 356 g/mol. The molecule has 0 bridgehead atoms. The third-order valence-electron chi connectivity index (χ3n) is 5.37. The molecule has 136 valence electrons. The molecule has 1 amide bonds. The van der Waals surface area contributed by atoms with Gasteiger partial charge in [0.1, 0.15) is 17.5 Å². The van der Waals surface area contributed by atoms with Crippen LogP contribution in [0.3, 0.4) is 0 Å².